The molecule has 1 saturated carbocycles. The Bertz CT molecular complexity index is 318. The Balaban J connectivity index is 2.28. The molecule has 1 aromatic rings. The van der Waals surface area contributed by atoms with Crippen LogP contribution in [0.3, 0.4) is 0 Å². The molecule has 0 aliphatic heterocycles. The molecule has 13 heavy (non-hydrogen) atoms. The van der Waals surface area contributed by atoms with Gasteiger partial charge >= 0.3 is 5.97 Å². The van der Waals surface area contributed by atoms with E-state index in [-0.39, 0.29) is 5.69 Å². The van der Waals surface area contributed by atoms with Crippen LogP contribution in [-0.4, -0.2) is 19.8 Å². The highest BCUT2D eigenvalue weighted by Crippen LogP contribution is 2.34. The molecular formula is C8H10N2O2S. The van der Waals surface area contributed by atoms with Crippen LogP contribution in [-0.2, 0) is 0 Å². The molecule has 1 heterocycles. The Labute approximate surface area is 79.9 Å². The Morgan fingerprint density at radius 1 is 1.38 bits per heavy atom. The van der Waals surface area contributed by atoms with E-state index in [1.54, 1.807) is 0 Å². The highest BCUT2D eigenvalue weighted by atomic mass is 32.1. The monoisotopic (exact) mass is 198 g/mol. The van der Waals surface area contributed by atoms with Crippen molar-refractivity contribution < 1.29 is 9.90 Å². The minimum Gasteiger partial charge on any atom is -0.476 e. The first-order chi connectivity index (χ1) is 6.29. The lowest BCUT2D eigenvalue weighted by Crippen LogP contribution is -2.04. The van der Waals surface area contributed by atoms with Crippen LogP contribution in [0.25, 0.3) is 0 Å². The summed E-state index contributed by atoms with van der Waals surface area (Å²) in [5.41, 5.74) is 0.868. The predicted octanol–water partition coefficient (Wildman–Crippen LogP) is 1.89. The average Bonchev–Trinajstić information content (AvgIpc) is 2.74. The molecule has 0 unspecified atom stereocenters. The molecule has 1 aliphatic carbocycles. The maximum Gasteiger partial charge on any atom is 0.357 e. The smallest absolute Gasteiger partial charge is 0.357 e. The van der Waals surface area contributed by atoms with E-state index in [9.17, 15) is 4.79 Å². The maximum atomic E-state index is 10.7. The lowest BCUT2D eigenvalue weighted by molar-refractivity contribution is 0.0689. The minimum absolute atomic E-state index is 0.164. The van der Waals surface area contributed by atoms with Crippen molar-refractivity contribution in [1.29, 1.82) is 0 Å². The fraction of sp³-hybridized carbons (Fsp3) is 0.625. The zero-order chi connectivity index (χ0) is 9.26. The van der Waals surface area contributed by atoms with Crippen LogP contribution in [0.5, 0.6) is 0 Å². The molecule has 1 fully saturated rings. The quantitative estimate of drug-likeness (QED) is 0.788. The van der Waals surface area contributed by atoms with Crippen molar-refractivity contribution in [3.05, 3.63) is 11.4 Å². The number of carbonyl (C=O) groups is 1. The molecule has 0 bridgehead atoms. The van der Waals surface area contributed by atoms with Crippen LogP contribution in [0.1, 0.15) is 47.8 Å². The molecule has 5 heteroatoms. The molecule has 1 aromatic heterocycles. The zero-order valence-electron chi connectivity index (χ0n) is 7.06. The van der Waals surface area contributed by atoms with Gasteiger partial charge in [-0.3, -0.25) is 0 Å². The molecule has 70 valence electrons. The van der Waals surface area contributed by atoms with E-state index in [1.165, 1.54) is 12.8 Å². The molecule has 0 saturated heterocycles. The summed E-state index contributed by atoms with van der Waals surface area (Å²) in [4.78, 5) is 10.7. The number of carboxylic acid groups (broad SMARTS) is 1. The third-order valence-corrected chi connectivity index (χ3v) is 3.00. The molecule has 0 spiro atoms. The number of hydrogen-bond donors (Lipinski definition) is 1. The second kappa shape index (κ2) is 3.41. The van der Waals surface area contributed by atoms with Crippen molar-refractivity contribution in [3.8, 4) is 0 Å². The van der Waals surface area contributed by atoms with Gasteiger partial charge in [-0.2, -0.15) is 8.75 Å². The molecular weight excluding hydrogens is 188 g/mol. The summed E-state index contributed by atoms with van der Waals surface area (Å²) in [5.74, 6) is -0.611. The van der Waals surface area contributed by atoms with Gasteiger partial charge in [-0.15, -0.1) is 0 Å². The van der Waals surface area contributed by atoms with Crippen molar-refractivity contribution in [1.82, 2.24) is 8.75 Å². The fourth-order valence-electron chi connectivity index (χ4n) is 1.81. The van der Waals surface area contributed by atoms with E-state index in [0.717, 1.165) is 24.6 Å². The van der Waals surface area contributed by atoms with Gasteiger partial charge in [0, 0.05) is 5.92 Å². The number of hydrogen-bond acceptors (Lipinski definition) is 4. The normalized spacial score (nSPS) is 17.8. The number of rotatable bonds is 2. The second-order valence-corrected chi connectivity index (χ2v) is 3.81. The van der Waals surface area contributed by atoms with E-state index in [2.05, 4.69) is 8.75 Å². The lowest BCUT2D eigenvalue weighted by Gasteiger charge is -2.04. The number of aromatic nitrogens is 2. The average molecular weight is 198 g/mol. The summed E-state index contributed by atoms with van der Waals surface area (Å²) in [6.07, 6.45) is 4.49. The molecule has 0 aromatic carbocycles. The van der Waals surface area contributed by atoms with Crippen molar-refractivity contribution in [2.24, 2.45) is 0 Å². The Morgan fingerprint density at radius 2 is 2.08 bits per heavy atom. The first-order valence-electron chi connectivity index (χ1n) is 4.35. The van der Waals surface area contributed by atoms with Gasteiger partial charge in [0.25, 0.3) is 0 Å². The van der Waals surface area contributed by atoms with Gasteiger partial charge in [-0.1, -0.05) is 12.8 Å². The van der Waals surface area contributed by atoms with Crippen LogP contribution in [0.4, 0.5) is 0 Å². The third-order valence-electron chi connectivity index (χ3n) is 2.46. The number of aromatic carboxylic acids is 1. The SMILES string of the molecule is O=C(O)c1nsnc1C1CCCC1. The molecule has 1 aliphatic rings. The summed E-state index contributed by atoms with van der Waals surface area (Å²) < 4.78 is 7.86. The van der Waals surface area contributed by atoms with Crippen LogP contribution in [0.2, 0.25) is 0 Å². The molecule has 1 N–H and O–H groups in total. The van der Waals surface area contributed by atoms with Gasteiger partial charge in [0.15, 0.2) is 5.69 Å². The number of nitrogens with zero attached hydrogens (tertiary/aromatic N) is 2. The molecule has 0 atom stereocenters. The summed E-state index contributed by atoms with van der Waals surface area (Å²) in [7, 11) is 0. The Morgan fingerprint density at radius 3 is 2.69 bits per heavy atom. The van der Waals surface area contributed by atoms with Gasteiger partial charge in [-0.05, 0) is 12.8 Å². The van der Waals surface area contributed by atoms with Crippen LogP contribution in [0, 0.1) is 0 Å². The first kappa shape index (κ1) is 8.62. The molecule has 0 radical (unpaired) electrons. The third kappa shape index (κ3) is 1.56. The van der Waals surface area contributed by atoms with Gasteiger partial charge in [0.1, 0.15) is 0 Å². The van der Waals surface area contributed by atoms with Crippen molar-refractivity contribution >= 4 is 17.7 Å². The number of carboxylic acids is 1. The van der Waals surface area contributed by atoms with Crippen LogP contribution < -0.4 is 0 Å². The zero-order valence-corrected chi connectivity index (χ0v) is 7.88. The largest absolute Gasteiger partial charge is 0.476 e. The van der Waals surface area contributed by atoms with Crippen molar-refractivity contribution in [2.75, 3.05) is 0 Å². The van der Waals surface area contributed by atoms with E-state index >= 15 is 0 Å². The lowest BCUT2D eigenvalue weighted by atomic mass is 10.0. The molecule has 4 nitrogen and oxygen atoms in total. The standard InChI is InChI=1S/C8H10N2O2S/c11-8(12)7-6(9-13-10-7)5-3-1-2-4-5/h5H,1-4H2,(H,11,12). The topological polar surface area (TPSA) is 63.1 Å². The van der Waals surface area contributed by atoms with E-state index in [1.807, 2.05) is 0 Å². The van der Waals surface area contributed by atoms with E-state index in [4.69, 9.17) is 5.11 Å². The maximum absolute atomic E-state index is 10.7. The first-order valence-corrected chi connectivity index (χ1v) is 5.08. The minimum atomic E-state index is -0.948. The highest BCUT2D eigenvalue weighted by Gasteiger charge is 2.25. The summed E-state index contributed by atoms with van der Waals surface area (Å²) in [6.45, 7) is 0. The van der Waals surface area contributed by atoms with E-state index in [0.29, 0.717) is 11.6 Å². The Hall–Kier alpha value is -0.970. The van der Waals surface area contributed by atoms with Crippen molar-refractivity contribution in [2.45, 2.75) is 31.6 Å². The highest BCUT2D eigenvalue weighted by molar-refractivity contribution is 6.99. The van der Waals surface area contributed by atoms with Crippen LogP contribution >= 0.6 is 11.7 Å². The van der Waals surface area contributed by atoms with Gasteiger partial charge < -0.3 is 5.11 Å². The van der Waals surface area contributed by atoms with Crippen LogP contribution in [0.15, 0.2) is 0 Å². The van der Waals surface area contributed by atoms with Gasteiger partial charge in [0.05, 0.1) is 17.4 Å². The van der Waals surface area contributed by atoms with Gasteiger partial charge in [-0.25, -0.2) is 4.79 Å². The molecule has 2 rings (SSSR count). The van der Waals surface area contributed by atoms with E-state index < -0.39 is 5.97 Å². The van der Waals surface area contributed by atoms with Crippen molar-refractivity contribution in [3.63, 3.8) is 0 Å². The molecule has 0 amide bonds. The predicted molar refractivity (Wildman–Crippen MR) is 48.1 cm³/mol. The summed E-state index contributed by atoms with van der Waals surface area (Å²) in [5, 5.41) is 8.82. The second-order valence-electron chi connectivity index (χ2n) is 3.28. The fourth-order valence-corrected chi connectivity index (χ4v) is 2.43. The summed E-state index contributed by atoms with van der Waals surface area (Å²) in [6, 6.07) is 0. The van der Waals surface area contributed by atoms with Gasteiger partial charge in [0.2, 0.25) is 0 Å². The summed E-state index contributed by atoms with van der Waals surface area (Å²) >= 11 is 1.00. The Kier molecular flexibility index (Phi) is 2.26.